The van der Waals surface area contributed by atoms with Gasteiger partial charge in [-0.15, -0.1) is 0 Å². The molecule has 0 radical (unpaired) electrons. The van der Waals surface area contributed by atoms with Crippen LogP contribution < -0.4 is 10.6 Å². The van der Waals surface area contributed by atoms with E-state index < -0.39 is 18.0 Å². The first kappa shape index (κ1) is 15.8. The van der Waals surface area contributed by atoms with Crippen molar-refractivity contribution in [3.8, 4) is 5.75 Å². The summed E-state index contributed by atoms with van der Waals surface area (Å²) in [5.41, 5.74) is 1.36. The van der Waals surface area contributed by atoms with Gasteiger partial charge in [-0.25, -0.2) is 9.59 Å². The normalized spacial score (nSPS) is 18.1. The molecule has 6 nitrogen and oxygen atoms in total. The Morgan fingerprint density at radius 1 is 1.33 bits per heavy atom. The zero-order chi connectivity index (χ0) is 15.7. The van der Waals surface area contributed by atoms with E-state index in [4.69, 9.17) is 4.74 Å². The third-order valence-electron chi connectivity index (χ3n) is 3.05. The lowest BCUT2D eigenvalue weighted by Gasteiger charge is -2.28. The molecule has 1 aromatic carbocycles. The van der Waals surface area contributed by atoms with Crippen LogP contribution >= 0.6 is 31.9 Å². The van der Waals surface area contributed by atoms with Crippen molar-refractivity contribution in [2.45, 2.75) is 13.0 Å². The minimum atomic E-state index is -0.667. The van der Waals surface area contributed by atoms with Crippen LogP contribution in [0.2, 0.25) is 0 Å². The Bertz CT molecular complexity index is 635. The standard InChI is InChI=1S/C13H12Br2N2O4/c1-5-9(12(19)21-2)10(17-13(20)16-5)6-3-7(14)11(18)8(15)4-6/h3-4,10,18H,1-2H3,(H2,16,17,20)/t10-/m1/s1. The molecule has 0 aliphatic carbocycles. The van der Waals surface area contributed by atoms with Crippen molar-refractivity contribution in [1.82, 2.24) is 10.6 Å². The summed E-state index contributed by atoms with van der Waals surface area (Å²) in [6.07, 6.45) is 0. The number of methoxy groups -OCH3 is 1. The number of hydrogen-bond donors (Lipinski definition) is 3. The number of esters is 1. The van der Waals surface area contributed by atoms with Crippen LogP contribution in [0.5, 0.6) is 5.75 Å². The molecule has 0 spiro atoms. The number of carbonyl (C=O) groups is 2. The van der Waals surface area contributed by atoms with Crippen molar-refractivity contribution in [3.05, 3.63) is 37.9 Å². The van der Waals surface area contributed by atoms with Crippen molar-refractivity contribution in [2.24, 2.45) is 0 Å². The summed E-state index contributed by atoms with van der Waals surface area (Å²) >= 11 is 6.45. The van der Waals surface area contributed by atoms with Gasteiger partial charge in [0.25, 0.3) is 0 Å². The van der Waals surface area contributed by atoms with E-state index in [-0.39, 0.29) is 5.75 Å². The Balaban J connectivity index is 2.56. The van der Waals surface area contributed by atoms with Gasteiger partial charge in [0.05, 0.1) is 27.7 Å². The summed E-state index contributed by atoms with van der Waals surface area (Å²) in [7, 11) is 1.28. The number of phenols is 1. The van der Waals surface area contributed by atoms with Gasteiger partial charge in [-0.1, -0.05) is 0 Å². The Morgan fingerprint density at radius 3 is 2.43 bits per heavy atom. The summed E-state index contributed by atoms with van der Waals surface area (Å²) in [5.74, 6) is -0.496. The average molecular weight is 420 g/mol. The highest BCUT2D eigenvalue weighted by Gasteiger charge is 2.32. The molecule has 0 saturated carbocycles. The molecule has 2 amide bonds. The first-order valence-corrected chi connectivity index (χ1v) is 7.48. The Labute approximate surface area is 137 Å². The molecule has 1 aliphatic rings. The minimum Gasteiger partial charge on any atom is -0.506 e. The first-order chi connectivity index (χ1) is 9.85. The lowest BCUT2D eigenvalue weighted by Crippen LogP contribution is -2.45. The third kappa shape index (κ3) is 3.06. The van der Waals surface area contributed by atoms with Crippen LogP contribution in [0.3, 0.4) is 0 Å². The number of hydrogen-bond acceptors (Lipinski definition) is 4. The number of rotatable bonds is 2. The lowest BCUT2D eigenvalue weighted by atomic mass is 9.95. The molecular formula is C13H12Br2N2O4. The third-order valence-corrected chi connectivity index (χ3v) is 4.26. The van der Waals surface area contributed by atoms with Crippen LogP contribution in [-0.4, -0.2) is 24.2 Å². The fraction of sp³-hybridized carbons (Fsp3) is 0.231. The molecule has 1 heterocycles. The first-order valence-electron chi connectivity index (χ1n) is 5.89. The van der Waals surface area contributed by atoms with Crippen LogP contribution in [0.25, 0.3) is 0 Å². The maximum absolute atomic E-state index is 12.0. The van der Waals surface area contributed by atoms with Gasteiger partial charge >= 0.3 is 12.0 Å². The Morgan fingerprint density at radius 2 is 1.90 bits per heavy atom. The maximum atomic E-state index is 12.0. The summed E-state index contributed by atoms with van der Waals surface area (Å²) in [4.78, 5) is 23.6. The van der Waals surface area contributed by atoms with Crippen LogP contribution in [-0.2, 0) is 9.53 Å². The van der Waals surface area contributed by atoms with E-state index in [1.807, 2.05) is 0 Å². The monoisotopic (exact) mass is 418 g/mol. The van der Waals surface area contributed by atoms with Crippen LogP contribution in [0.1, 0.15) is 18.5 Å². The predicted octanol–water partition coefficient (Wildman–Crippen LogP) is 2.72. The molecule has 1 aromatic rings. The fourth-order valence-electron chi connectivity index (χ4n) is 2.08. The molecule has 1 atom stereocenters. The number of benzene rings is 1. The Kier molecular flexibility index (Phi) is 4.58. The summed E-state index contributed by atoms with van der Waals surface area (Å²) in [6, 6.07) is 2.18. The molecule has 112 valence electrons. The molecule has 0 aromatic heterocycles. The van der Waals surface area contributed by atoms with Crippen molar-refractivity contribution >= 4 is 43.9 Å². The van der Waals surface area contributed by atoms with E-state index in [0.717, 1.165) is 0 Å². The van der Waals surface area contributed by atoms with Crippen LogP contribution in [0, 0.1) is 0 Å². The minimum absolute atomic E-state index is 0.0410. The molecule has 2 rings (SSSR count). The number of carbonyl (C=O) groups excluding carboxylic acids is 2. The van der Waals surface area contributed by atoms with E-state index in [2.05, 4.69) is 42.5 Å². The number of ether oxygens (including phenoxy) is 1. The summed E-state index contributed by atoms with van der Waals surface area (Å²) in [6.45, 7) is 1.63. The van der Waals surface area contributed by atoms with Gasteiger partial charge in [0.1, 0.15) is 5.75 Å². The number of halogens is 2. The van der Waals surface area contributed by atoms with Gasteiger partial charge < -0.3 is 20.5 Å². The summed E-state index contributed by atoms with van der Waals surface area (Å²) < 4.78 is 5.66. The van der Waals surface area contributed by atoms with Crippen molar-refractivity contribution in [3.63, 3.8) is 0 Å². The molecule has 8 heteroatoms. The maximum Gasteiger partial charge on any atom is 0.337 e. The van der Waals surface area contributed by atoms with E-state index >= 15 is 0 Å². The number of aromatic hydroxyl groups is 1. The summed E-state index contributed by atoms with van der Waals surface area (Å²) in [5, 5.41) is 15.0. The quantitative estimate of drug-likeness (QED) is 0.643. The molecule has 3 N–H and O–H groups in total. The van der Waals surface area contributed by atoms with Gasteiger partial charge in [0.15, 0.2) is 0 Å². The number of phenolic OH excluding ortho intramolecular Hbond substituents is 1. The van der Waals surface area contributed by atoms with E-state index in [1.54, 1.807) is 19.1 Å². The number of amides is 2. The Hall–Kier alpha value is -1.54. The molecule has 0 bridgehead atoms. The van der Waals surface area contributed by atoms with Gasteiger partial charge in [0.2, 0.25) is 0 Å². The number of allylic oxidation sites excluding steroid dienone is 1. The second-order valence-electron chi connectivity index (χ2n) is 4.39. The molecule has 0 saturated heterocycles. The second-order valence-corrected chi connectivity index (χ2v) is 6.10. The number of nitrogens with one attached hydrogen (secondary N) is 2. The van der Waals surface area contributed by atoms with E-state index in [9.17, 15) is 14.7 Å². The lowest BCUT2D eigenvalue weighted by molar-refractivity contribution is -0.136. The van der Waals surface area contributed by atoms with Crippen LogP contribution in [0.4, 0.5) is 4.79 Å². The zero-order valence-electron chi connectivity index (χ0n) is 11.2. The van der Waals surface area contributed by atoms with Gasteiger partial charge in [-0.3, -0.25) is 0 Å². The molecule has 0 unspecified atom stereocenters. The van der Waals surface area contributed by atoms with Crippen molar-refractivity contribution in [1.29, 1.82) is 0 Å². The van der Waals surface area contributed by atoms with E-state index in [0.29, 0.717) is 25.8 Å². The molecule has 21 heavy (non-hydrogen) atoms. The molecule has 1 aliphatic heterocycles. The van der Waals surface area contributed by atoms with Crippen molar-refractivity contribution in [2.75, 3.05) is 7.11 Å². The largest absolute Gasteiger partial charge is 0.506 e. The second kappa shape index (κ2) is 6.07. The smallest absolute Gasteiger partial charge is 0.337 e. The fourth-order valence-corrected chi connectivity index (χ4v) is 3.30. The van der Waals surface area contributed by atoms with Gasteiger partial charge in [-0.05, 0) is 56.5 Å². The SMILES string of the molecule is COC(=O)C1=C(C)NC(=O)N[C@@H]1c1cc(Br)c(O)c(Br)c1. The molecular weight excluding hydrogens is 408 g/mol. The van der Waals surface area contributed by atoms with E-state index in [1.165, 1.54) is 7.11 Å². The highest BCUT2D eigenvalue weighted by Crippen LogP contribution is 2.37. The highest BCUT2D eigenvalue weighted by atomic mass is 79.9. The average Bonchev–Trinajstić information content (AvgIpc) is 2.42. The zero-order valence-corrected chi connectivity index (χ0v) is 14.3. The highest BCUT2D eigenvalue weighted by molar-refractivity contribution is 9.11. The predicted molar refractivity (Wildman–Crippen MR) is 82.6 cm³/mol. The molecule has 0 fully saturated rings. The topological polar surface area (TPSA) is 87.7 Å². The van der Waals surface area contributed by atoms with Gasteiger partial charge in [-0.2, -0.15) is 0 Å². The number of urea groups is 1. The van der Waals surface area contributed by atoms with Crippen LogP contribution in [0.15, 0.2) is 32.3 Å². The van der Waals surface area contributed by atoms with Gasteiger partial charge in [0, 0.05) is 5.70 Å². The van der Waals surface area contributed by atoms with Crippen molar-refractivity contribution < 1.29 is 19.4 Å².